The third-order valence-corrected chi connectivity index (χ3v) is 3.69. The van der Waals surface area contributed by atoms with Gasteiger partial charge >= 0.3 is 0 Å². The van der Waals surface area contributed by atoms with Crippen LogP contribution in [0.15, 0.2) is 40.8 Å². The molecule has 2 aromatic heterocycles. The minimum absolute atomic E-state index is 0.0238. The van der Waals surface area contributed by atoms with Crippen molar-refractivity contribution in [2.45, 2.75) is 26.7 Å². The maximum Gasteiger partial charge on any atom is 0.280 e. The monoisotopic (exact) mass is 311 g/mol. The number of nitrogens with one attached hydrogen (secondary N) is 1. The molecule has 0 spiro atoms. The van der Waals surface area contributed by atoms with Crippen molar-refractivity contribution < 1.29 is 9.34 Å². The first-order chi connectivity index (χ1) is 11.1. The second-order valence-electron chi connectivity index (χ2n) is 5.34. The molecule has 0 aliphatic heterocycles. The molecule has 1 N–H and O–H groups in total. The number of aromatic nitrogens is 2. The van der Waals surface area contributed by atoms with Crippen molar-refractivity contribution in [2.24, 2.45) is 0 Å². The van der Waals surface area contributed by atoms with Gasteiger partial charge in [0.05, 0.1) is 16.2 Å². The molecule has 1 aromatic carbocycles. The van der Waals surface area contributed by atoms with Crippen LogP contribution in [0.5, 0.6) is 0 Å². The molecule has 2 heterocycles. The zero-order valence-electron chi connectivity index (χ0n) is 13.0. The van der Waals surface area contributed by atoms with Crippen LogP contribution in [0.3, 0.4) is 0 Å². The lowest BCUT2D eigenvalue weighted by Gasteiger charge is -1.99. The summed E-state index contributed by atoms with van der Waals surface area (Å²) in [5.41, 5.74) is 2.52. The van der Waals surface area contributed by atoms with Crippen LogP contribution < -0.4 is 0 Å². The van der Waals surface area contributed by atoms with Gasteiger partial charge in [0.1, 0.15) is 5.76 Å². The van der Waals surface area contributed by atoms with Crippen LogP contribution >= 0.6 is 0 Å². The lowest BCUT2D eigenvalue weighted by atomic mass is 10.1. The van der Waals surface area contributed by atoms with Gasteiger partial charge in [-0.2, -0.15) is 0 Å². The molecular weight excluding hydrogens is 294 g/mol. The van der Waals surface area contributed by atoms with E-state index < -0.39 is 4.92 Å². The molecule has 6 nitrogen and oxygen atoms in total. The second kappa shape index (κ2) is 6.08. The Morgan fingerprint density at radius 2 is 1.96 bits per heavy atom. The summed E-state index contributed by atoms with van der Waals surface area (Å²) in [4.78, 5) is 18.5. The second-order valence-corrected chi connectivity index (χ2v) is 5.34. The van der Waals surface area contributed by atoms with E-state index in [4.69, 9.17) is 4.42 Å². The summed E-state index contributed by atoms with van der Waals surface area (Å²) in [6.07, 6.45) is 1.96. The third-order valence-electron chi connectivity index (χ3n) is 3.69. The third kappa shape index (κ3) is 2.88. The summed E-state index contributed by atoms with van der Waals surface area (Å²) in [5, 5.41) is 11.1. The molecule has 3 aromatic rings. The number of aromatic amines is 1. The van der Waals surface area contributed by atoms with Crippen molar-refractivity contribution >= 4 is 5.69 Å². The summed E-state index contributed by atoms with van der Waals surface area (Å²) >= 11 is 0. The van der Waals surface area contributed by atoms with Crippen molar-refractivity contribution in [1.82, 2.24) is 9.97 Å². The molecule has 23 heavy (non-hydrogen) atoms. The fraction of sp³-hybridized carbons (Fsp3) is 0.235. The minimum Gasteiger partial charge on any atom is -0.453 e. The van der Waals surface area contributed by atoms with E-state index in [1.165, 1.54) is 6.07 Å². The molecule has 6 heteroatoms. The number of H-pyrrole nitrogens is 1. The molecule has 3 rings (SSSR count). The van der Waals surface area contributed by atoms with E-state index in [0.29, 0.717) is 22.9 Å². The summed E-state index contributed by atoms with van der Waals surface area (Å²) in [6.45, 7) is 4.07. The van der Waals surface area contributed by atoms with Gasteiger partial charge in [0.15, 0.2) is 11.6 Å². The van der Waals surface area contributed by atoms with Crippen molar-refractivity contribution in [3.05, 3.63) is 57.9 Å². The van der Waals surface area contributed by atoms with Gasteiger partial charge in [-0.1, -0.05) is 25.5 Å². The highest BCUT2D eigenvalue weighted by Gasteiger charge is 2.18. The Labute approximate surface area is 133 Å². The highest BCUT2D eigenvalue weighted by atomic mass is 16.6. The summed E-state index contributed by atoms with van der Waals surface area (Å²) < 4.78 is 5.79. The SMILES string of the molecule is CCCc1[nH]c(-c2ccc(-c3ccccc3[N+](=O)[O-])o2)nc1C. The summed E-state index contributed by atoms with van der Waals surface area (Å²) in [7, 11) is 0. The molecule has 0 saturated carbocycles. The van der Waals surface area contributed by atoms with Crippen LogP contribution in [-0.4, -0.2) is 14.9 Å². The fourth-order valence-electron chi connectivity index (χ4n) is 2.56. The first-order valence-electron chi connectivity index (χ1n) is 7.49. The number of nitrogens with zero attached hydrogens (tertiary/aromatic N) is 2. The summed E-state index contributed by atoms with van der Waals surface area (Å²) in [6, 6.07) is 10.0. The topological polar surface area (TPSA) is 85.0 Å². The minimum atomic E-state index is -0.409. The smallest absolute Gasteiger partial charge is 0.280 e. The molecule has 0 aliphatic rings. The van der Waals surface area contributed by atoms with Crippen molar-refractivity contribution in [3.8, 4) is 22.9 Å². The first-order valence-corrected chi connectivity index (χ1v) is 7.49. The number of hydrogen-bond acceptors (Lipinski definition) is 4. The Bertz CT molecular complexity index is 848. The van der Waals surface area contributed by atoms with Gasteiger partial charge in [0, 0.05) is 11.8 Å². The molecular formula is C17H17N3O3. The number of nitro groups is 1. The zero-order chi connectivity index (χ0) is 16.4. The molecule has 0 bridgehead atoms. The Hall–Kier alpha value is -2.89. The quantitative estimate of drug-likeness (QED) is 0.555. The van der Waals surface area contributed by atoms with E-state index in [1.54, 1.807) is 30.3 Å². The number of hydrogen-bond donors (Lipinski definition) is 1. The number of furan rings is 1. The molecule has 0 radical (unpaired) electrons. The molecule has 0 fully saturated rings. The molecule has 0 unspecified atom stereocenters. The van der Waals surface area contributed by atoms with E-state index in [0.717, 1.165) is 24.2 Å². The van der Waals surface area contributed by atoms with E-state index >= 15 is 0 Å². The average molecular weight is 311 g/mol. The Morgan fingerprint density at radius 1 is 1.22 bits per heavy atom. The number of benzene rings is 1. The molecule has 0 atom stereocenters. The van der Waals surface area contributed by atoms with Gasteiger partial charge in [-0.05, 0) is 31.5 Å². The van der Waals surface area contributed by atoms with Crippen LogP contribution in [0.4, 0.5) is 5.69 Å². The van der Waals surface area contributed by atoms with Gasteiger partial charge in [-0.15, -0.1) is 0 Å². The standard InChI is InChI=1S/C17H17N3O3/c1-3-6-13-11(2)18-17(19-13)16-10-9-15(23-16)12-7-4-5-8-14(12)20(21)22/h4-5,7-10H,3,6H2,1-2H3,(H,18,19). The van der Waals surface area contributed by atoms with Crippen molar-refractivity contribution in [2.75, 3.05) is 0 Å². The zero-order valence-corrected chi connectivity index (χ0v) is 13.0. The summed E-state index contributed by atoms with van der Waals surface area (Å²) in [5.74, 6) is 1.68. The van der Waals surface area contributed by atoms with E-state index in [2.05, 4.69) is 16.9 Å². The Kier molecular flexibility index (Phi) is 3.97. The molecule has 118 valence electrons. The normalized spacial score (nSPS) is 10.9. The average Bonchev–Trinajstić information content (AvgIpc) is 3.15. The van der Waals surface area contributed by atoms with Crippen LogP contribution in [0.1, 0.15) is 24.7 Å². The van der Waals surface area contributed by atoms with Crippen LogP contribution in [-0.2, 0) is 6.42 Å². The van der Waals surface area contributed by atoms with Crippen LogP contribution in [0.25, 0.3) is 22.9 Å². The van der Waals surface area contributed by atoms with Crippen molar-refractivity contribution in [3.63, 3.8) is 0 Å². The van der Waals surface area contributed by atoms with E-state index in [1.807, 2.05) is 6.92 Å². The van der Waals surface area contributed by atoms with Crippen molar-refractivity contribution in [1.29, 1.82) is 0 Å². The van der Waals surface area contributed by atoms with Gasteiger partial charge in [0.25, 0.3) is 5.69 Å². The van der Waals surface area contributed by atoms with E-state index in [9.17, 15) is 10.1 Å². The first kappa shape index (κ1) is 15.0. The fourth-order valence-corrected chi connectivity index (χ4v) is 2.56. The number of rotatable bonds is 5. The van der Waals surface area contributed by atoms with Gasteiger partial charge in [-0.25, -0.2) is 4.98 Å². The largest absolute Gasteiger partial charge is 0.453 e. The lowest BCUT2D eigenvalue weighted by molar-refractivity contribution is -0.384. The predicted octanol–water partition coefficient (Wildman–Crippen LogP) is 4.51. The maximum absolute atomic E-state index is 11.1. The number of nitro benzene ring substituents is 1. The van der Waals surface area contributed by atoms with Gasteiger partial charge < -0.3 is 9.40 Å². The highest BCUT2D eigenvalue weighted by Crippen LogP contribution is 2.33. The van der Waals surface area contributed by atoms with Gasteiger partial charge in [0.2, 0.25) is 0 Å². The lowest BCUT2D eigenvalue weighted by Crippen LogP contribution is -1.90. The highest BCUT2D eigenvalue weighted by molar-refractivity contribution is 5.71. The molecule has 0 aliphatic carbocycles. The van der Waals surface area contributed by atoms with Crippen LogP contribution in [0.2, 0.25) is 0 Å². The maximum atomic E-state index is 11.1. The number of aryl methyl sites for hydroxylation is 2. The number of para-hydroxylation sites is 1. The van der Waals surface area contributed by atoms with E-state index in [-0.39, 0.29) is 5.69 Å². The predicted molar refractivity (Wildman–Crippen MR) is 87.1 cm³/mol. The Morgan fingerprint density at radius 3 is 2.70 bits per heavy atom. The van der Waals surface area contributed by atoms with Gasteiger partial charge in [-0.3, -0.25) is 10.1 Å². The molecule has 0 saturated heterocycles. The Balaban J connectivity index is 1.98. The molecule has 0 amide bonds. The van der Waals surface area contributed by atoms with Crippen LogP contribution in [0, 0.1) is 17.0 Å². The number of imidazole rings is 1.